The maximum absolute atomic E-state index is 12.8. The highest BCUT2D eigenvalue weighted by Crippen LogP contribution is 2.36. The van der Waals surface area contributed by atoms with Gasteiger partial charge >= 0.3 is 6.18 Å². The van der Waals surface area contributed by atoms with Gasteiger partial charge < -0.3 is 0 Å². The third-order valence-corrected chi connectivity index (χ3v) is 4.49. The summed E-state index contributed by atoms with van der Waals surface area (Å²) in [7, 11) is 0. The summed E-state index contributed by atoms with van der Waals surface area (Å²) in [4.78, 5) is 10.4. The van der Waals surface area contributed by atoms with Gasteiger partial charge in [-0.1, -0.05) is 56.3 Å². The van der Waals surface area contributed by atoms with Crippen LogP contribution in [0, 0.1) is 13.8 Å². The lowest BCUT2D eigenvalue weighted by atomic mass is 10.0. The molecule has 0 N–H and O–H groups in total. The Balaban J connectivity index is 2.39. The molecule has 0 amide bonds. The van der Waals surface area contributed by atoms with E-state index in [1.54, 1.807) is 12.2 Å². The molecule has 0 unspecified atom stereocenters. The van der Waals surface area contributed by atoms with E-state index in [1.807, 2.05) is 19.9 Å². The van der Waals surface area contributed by atoms with Crippen molar-refractivity contribution in [2.24, 2.45) is 0 Å². The van der Waals surface area contributed by atoms with Crippen LogP contribution in [0.1, 0.15) is 42.0 Å². The van der Waals surface area contributed by atoms with E-state index < -0.39 is 11.7 Å². The molecule has 0 aliphatic heterocycles. The zero-order valence-electron chi connectivity index (χ0n) is 15.9. The van der Waals surface area contributed by atoms with Crippen LogP contribution in [0.2, 0.25) is 0 Å². The highest BCUT2D eigenvalue weighted by Gasteiger charge is 2.31. The standard InChI is InChI=1S/C23H23F3O/c1-15(2)18-10-9-16(3)22-19(13-17(4)21(22)14-18)7-5-6-8-20(11-12-27)23(24,25)26/h5-15H,1-4H3. The number of hydrogen-bond acceptors (Lipinski definition) is 1. The molecule has 0 fully saturated rings. The number of carbonyl (C=O) groups excluding carboxylic acids is 1. The maximum atomic E-state index is 12.8. The van der Waals surface area contributed by atoms with Gasteiger partial charge in [-0.15, -0.1) is 0 Å². The number of rotatable bonds is 5. The molecule has 2 aliphatic carbocycles. The van der Waals surface area contributed by atoms with Crippen LogP contribution in [-0.4, -0.2) is 12.5 Å². The van der Waals surface area contributed by atoms with Crippen molar-refractivity contribution in [3.63, 3.8) is 0 Å². The molecule has 0 aromatic rings. The number of allylic oxidation sites excluding steroid dienone is 5. The van der Waals surface area contributed by atoms with Crippen LogP contribution in [0.5, 0.6) is 0 Å². The molecule has 0 atom stereocenters. The molecule has 0 saturated carbocycles. The van der Waals surface area contributed by atoms with Gasteiger partial charge in [-0.25, -0.2) is 0 Å². The first-order chi connectivity index (χ1) is 12.6. The van der Waals surface area contributed by atoms with Crippen LogP contribution in [0.4, 0.5) is 13.2 Å². The van der Waals surface area contributed by atoms with Crippen molar-refractivity contribution in [3.8, 4) is 11.1 Å². The lowest BCUT2D eigenvalue weighted by Gasteiger charge is -2.05. The van der Waals surface area contributed by atoms with Crippen molar-refractivity contribution in [1.29, 1.82) is 0 Å². The quantitative estimate of drug-likeness (QED) is 0.321. The van der Waals surface area contributed by atoms with Crippen LogP contribution in [0.25, 0.3) is 17.2 Å². The average Bonchev–Trinajstić information content (AvgIpc) is 2.76. The van der Waals surface area contributed by atoms with E-state index in [4.69, 9.17) is 0 Å². The van der Waals surface area contributed by atoms with Crippen LogP contribution in [0.15, 0.2) is 54.1 Å². The molecule has 4 heteroatoms. The molecule has 2 aliphatic rings. The molecule has 27 heavy (non-hydrogen) atoms. The average molecular weight is 372 g/mol. The third-order valence-electron chi connectivity index (χ3n) is 4.49. The van der Waals surface area contributed by atoms with Crippen LogP contribution < -0.4 is 0 Å². The first kappa shape index (κ1) is 20.7. The third kappa shape index (κ3) is 4.97. The summed E-state index contributed by atoms with van der Waals surface area (Å²) in [5, 5.41) is 0. The fraction of sp³-hybridized carbons (Fsp3) is 0.261. The summed E-state index contributed by atoms with van der Waals surface area (Å²) in [6, 6.07) is 8.42. The largest absolute Gasteiger partial charge is 0.416 e. The van der Waals surface area contributed by atoms with E-state index in [0.717, 1.165) is 33.9 Å². The molecule has 1 nitrogen and oxygen atoms in total. The smallest absolute Gasteiger partial charge is 0.299 e. The summed E-state index contributed by atoms with van der Waals surface area (Å²) in [5.41, 5.74) is 5.73. The summed E-state index contributed by atoms with van der Waals surface area (Å²) < 4.78 is 38.3. The molecule has 0 saturated heterocycles. The predicted octanol–water partition coefficient (Wildman–Crippen LogP) is 6.79. The molecule has 2 rings (SSSR count). The number of fused-ring (bicyclic) bond motifs is 1. The van der Waals surface area contributed by atoms with Gasteiger partial charge in [0.1, 0.15) is 6.29 Å². The highest BCUT2D eigenvalue weighted by atomic mass is 19.4. The Morgan fingerprint density at radius 3 is 2.33 bits per heavy atom. The monoisotopic (exact) mass is 372 g/mol. The molecule has 0 aromatic heterocycles. The van der Waals surface area contributed by atoms with Gasteiger partial charge in [0.2, 0.25) is 0 Å². The molecule has 0 heterocycles. The molecule has 0 aromatic carbocycles. The first-order valence-corrected chi connectivity index (χ1v) is 8.76. The van der Waals surface area contributed by atoms with Crippen molar-refractivity contribution < 1.29 is 18.0 Å². The maximum Gasteiger partial charge on any atom is 0.416 e. The second-order valence-electron chi connectivity index (χ2n) is 6.86. The predicted molar refractivity (Wildman–Crippen MR) is 105 cm³/mol. The second kappa shape index (κ2) is 8.38. The Hall–Kier alpha value is -2.62. The molecule has 142 valence electrons. The molecule has 0 bridgehead atoms. The minimum atomic E-state index is -4.55. The number of hydrogen-bond donors (Lipinski definition) is 0. The summed E-state index contributed by atoms with van der Waals surface area (Å²) in [5.74, 6) is 0.404. The van der Waals surface area contributed by atoms with Gasteiger partial charge in [-0.05, 0) is 65.3 Å². The number of carbonyl (C=O) groups is 1. The first-order valence-electron chi connectivity index (χ1n) is 8.76. The minimum absolute atomic E-state index is 0.139. The molecule has 0 radical (unpaired) electrons. The second-order valence-corrected chi connectivity index (χ2v) is 6.86. The SMILES string of the molecule is Cc1cc(C=CC=CC(=CC=O)C(F)(F)F)c2c(C)ccc(C(C)C)cc1-2. The van der Waals surface area contributed by atoms with Crippen LogP contribution in [0.3, 0.4) is 0 Å². The van der Waals surface area contributed by atoms with E-state index in [1.165, 1.54) is 11.6 Å². The Kier molecular flexibility index (Phi) is 6.42. The van der Waals surface area contributed by atoms with Crippen molar-refractivity contribution >= 4 is 12.4 Å². The number of alkyl halides is 3. The van der Waals surface area contributed by atoms with Gasteiger partial charge in [0.05, 0.1) is 5.57 Å². The zero-order valence-corrected chi connectivity index (χ0v) is 15.9. The highest BCUT2D eigenvalue weighted by molar-refractivity contribution is 5.84. The van der Waals surface area contributed by atoms with Crippen LogP contribution >= 0.6 is 0 Å². The van der Waals surface area contributed by atoms with E-state index in [9.17, 15) is 18.0 Å². The fourth-order valence-electron chi connectivity index (χ4n) is 3.01. The van der Waals surface area contributed by atoms with Crippen molar-refractivity contribution in [3.05, 3.63) is 76.4 Å². The minimum Gasteiger partial charge on any atom is -0.299 e. The number of aryl methyl sites for hydroxylation is 2. The summed E-state index contributed by atoms with van der Waals surface area (Å²) >= 11 is 0. The van der Waals surface area contributed by atoms with Crippen molar-refractivity contribution in [2.45, 2.75) is 39.8 Å². The Morgan fingerprint density at radius 1 is 1.04 bits per heavy atom. The topological polar surface area (TPSA) is 17.1 Å². The Labute approximate surface area is 158 Å². The van der Waals surface area contributed by atoms with Gasteiger partial charge in [0.25, 0.3) is 0 Å². The van der Waals surface area contributed by atoms with Crippen LogP contribution in [-0.2, 0) is 4.79 Å². The van der Waals surface area contributed by atoms with Gasteiger partial charge in [-0.3, -0.25) is 4.79 Å². The summed E-state index contributed by atoms with van der Waals surface area (Å²) in [6.45, 7) is 8.36. The van der Waals surface area contributed by atoms with Crippen molar-refractivity contribution in [2.75, 3.05) is 0 Å². The Bertz CT molecular complexity index is 883. The van der Waals surface area contributed by atoms with E-state index in [-0.39, 0.29) is 6.29 Å². The van der Waals surface area contributed by atoms with Gasteiger partial charge in [-0.2, -0.15) is 13.2 Å². The van der Waals surface area contributed by atoms with E-state index in [2.05, 4.69) is 32.0 Å². The summed E-state index contributed by atoms with van der Waals surface area (Å²) in [6.07, 6.45) is 1.66. The zero-order chi connectivity index (χ0) is 20.2. The molecule has 0 spiro atoms. The lowest BCUT2D eigenvalue weighted by Crippen LogP contribution is -2.09. The van der Waals surface area contributed by atoms with E-state index >= 15 is 0 Å². The Morgan fingerprint density at radius 2 is 1.74 bits per heavy atom. The molecular weight excluding hydrogens is 349 g/mol. The van der Waals surface area contributed by atoms with E-state index in [0.29, 0.717) is 12.0 Å². The van der Waals surface area contributed by atoms with Gasteiger partial charge in [0, 0.05) is 0 Å². The fourth-order valence-corrected chi connectivity index (χ4v) is 3.01. The lowest BCUT2D eigenvalue weighted by molar-refractivity contribution is -0.106. The van der Waals surface area contributed by atoms with Crippen molar-refractivity contribution in [1.82, 2.24) is 0 Å². The van der Waals surface area contributed by atoms with Gasteiger partial charge in [0.15, 0.2) is 0 Å². The number of halogens is 3. The normalized spacial score (nSPS) is 13.4. The number of aldehydes is 1. The molecular formula is C23H23F3O.